The normalized spacial score (nSPS) is 14.5. The second-order valence-electron chi connectivity index (χ2n) is 8.87. The summed E-state index contributed by atoms with van der Waals surface area (Å²) in [6.45, 7) is 1.83. The third-order valence-corrected chi connectivity index (χ3v) is 6.66. The van der Waals surface area contributed by atoms with Crippen LogP contribution in [0.4, 0.5) is 0 Å². The third kappa shape index (κ3) is 4.75. The number of phenolic OH excluding ortho intramolecular Hbond substituents is 2. The summed E-state index contributed by atoms with van der Waals surface area (Å²) in [5, 5.41) is 21.7. The average molecular weight is 502 g/mol. The monoisotopic (exact) mass is 501 g/mol. The van der Waals surface area contributed by atoms with E-state index < -0.39 is 17.1 Å². The lowest BCUT2D eigenvalue weighted by Crippen LogP contribution is -2.41. The summed E-state index contributed by atoms with van der Waals surface area (Å²) in [6.07, 6.45) is -0.0208. The molecule has 1 aliphatic heterocycles. The standard InChI is InChI=1S/C29H27NO7/c1-35-24-10-6-5-9-19(24)20(15-26(34)30-11-13-36-14-12-30)27-21(31)16-22(32)28-23(33)17-25(37-29(27)28)18-7-3-2-4-8-18/h2-10,16-17,20,31-32H,11-15H2,1H3/t20-/m0/s1. The lowest BCUT2D eigenvalue weighted by atomic mass is 9.85. The van der Waals surface area contributed by atoms with E-state index in [0.717, 1.165) is 6.07 Å². The van der Waals surface area contributed by atoms with Gasteiger partial charge in [-0.15, -0.1) is 0 Å². The van der Waals surface area contributed by atoms with Gasteiger partial charge in [0, 0.05) is 54.3 Å². The molecule has 4 aromatic rings. The molecule has 0 unspecified atom stereocenters. The van der Waals surface area contributed by atoms with E-state index in [-0.39, 0.29) is 40.4 Å². The van der Waals surface area contributed by atoms with Gasteiger partial charge in [-0.3, -0.25) is 9.59 Å². The molecule has 0 saturated carbocycles. The molecular formula is C29H27NO7. The predicted molar refractivity (Wildman–Crippen MR) is 138 cm³/mol. The highest BCUT2D eigenvalue weighted by Gasteiger charge is 2.31. The van der Waals surface area contributed by atoms with Gasteiger partial charge in [0.05, 0.1) is 20.3 Å². The number of nitrogens with zero attached hydrogens (tertiary/aromatic N) is 1. The zero-order valence-corrected chi connectivity index (χ0v) is 20.3. The first kappa shape index (κ1) is 24.4. The first-order valence-corrected chi connectivity index (χ1v) is 12.0. The van der Waals surface area contributed by atoms with Crippen molar-refractivity contribution in [3.8, 4) is 28.6 Å². The Kier molecular flexibility index (Phi) is 6.83. The number of hydrogen-bond acceptors (Lipinski definition) is 7. The Balaban J connectivity index is 1.75. The van der Waals surface area contributed by atoms with Gasteiger partial charge in [0.2, 0.25) is 5.91 Å². The number of phenols is 2. The van der Waals surface area contributed by atoms with Crippen molar-refractivity contribution in [1.82, 2.24) is 4.90 Å². The fourth-order valence-corrected chi connectivity index (χ4v) is 4.84. The Hall–Kier alpha value is -4.30. The van der Waals surface area contributed by atoms with Crippen LogP contribution in [-0.4, -0.2) is 54.4 Å². The van der Waals surface area contributed by atoms with Crippen molar-refractivity contribution in [2.75, 3.05) is 33.4 Å². The van der Waals surface area contributed by atoms with Crippen molar-refractivity contribution in [2.45, 2.75) is 12.3 Å². The molecule has 8 heteroatoms. The smallest absolute Gasteiger partial charge is 0.223 e. The molecule has 1 saturated heterocycles. The molecule has 190 valence electrons. The van der Waals surface area contributed by atoms with E-state index in [0.29, 0.717) is 43.2 Å². The number of methoxy groups -OCH3 is 1. The van der Waals surface area contributed by atoms with Crippen molar-refractivity contribution < 1.29 is 28.9 Å². The molecule has 2 N–H and O–H groups in total. The predicted octanol–water partition coefficient (Wildman–Crippen LogP) is 4.26. The van der Waals surface area contributed by atoms with Gasteiger partial charge in [-0.05, 0) is 6.07 Å². The summed E-state index contributed by atoms with van der Waals surface area (Å²) >= 11 is 0. The topological polar surface area (TPSA) is 109 Å². The lowest BCUT2D eigenvalue weighted by Gasteiger charge is -2.29. The number of carbonyl (C=O) groups excluding carboxylic acids is 1. The molecule has 0 bridgehead atoms. The molecule has 37 heavy (non-hydrogen) atoms. The fraction of sp³-hybridized carbons (Fsp3) is 0.241. The number of ether oxygens (including phenoxy) is 2. The van der Waals surface area contributed by atoms with Crippen molar-refractivity contribution in [3.05, 3.63) is 88.1 Å². The number of amides is 1. The number of morpholine rings is 1. The van der Waals surface area contributed by atoms with Crippen LogP contribution in [0, 0.1) is 0 Å². The third-order valence-electron chi connectivity index (χ3n) is 6.66. The zero-order valence-electron chi connectivity index (χ0n) is 20.3. The maximum Gasteiger partial charge on any atom is 0.223 e. The lowest BCUT2D eigenvalue weighted by molar-refractivity contribution is -0.135. The number of aromatic hydroxyl groups is 2. The van der Waals surface area contributed by atoms with Crippen LogP contribution in [0.1, 0.15) is 23.5 Å². The summed E-state index contributed by atoms with van der Waals surface area (Å²) in [5.41, 5.74) is 1.09. The Morgan fingerprint density at radius 1 is 1.00 bits per heavy atom. The molecular weight excluding hydrogens is 474 g/mol. The van der Waals surface area contributed by atoms with Gasteiger partial charge in [0.1, 0.15) is 34.0 Å². The van der Waals surface area contributed by atoms with E-state index in [9.17, 15) is 19.8 Å². The molecule has 3 aromatic carbocycles. The summed E-state index contributed by atoms with van der Waals surface area (Å²) in [5.74, 6) is -0.760. The molecule has 0 aliphatic carbocycles. The number of rotatable bonds is 6. The summed E-state index contributed by atoms with van der Waals surface area (Å²) in [7, 11) is 1.53. The van der Waals surface area contributed by atoms with Crippen LogP contribution in [0.3, 0.4) is 0 Å². The fourth-order valence-electron chi connectivity index (χ4n) is 4.84. The molecule has 0 radical (unpaired) electrons. The van der Waals surface area contributed by atoms with Gasteiger partial charge in [0.15, 0.2) is 5.43 Å². The molecule has 5 rings (SSSR count). The van der Waals surface area contributed by atoms with Crippen LogP contribution >= 0.6 is 0 Å². The quantitative estimate of drug-likeness (QED) is 0.406. The minimum Gasteiger partial charge on any atom is -0.507 e. The van der Waals surface area contributed by atoms with E-state index in [4.69, 9.17) is 13.9 Å². The number of hydrogen-bond donors (Lipinski definition) is 2. The molecule has 1 amide bonds. The molecule has 1 aliphatic rings. The second-order valence-corrected chi connectivity index (χ2v) is 8.87. The van der Waals surface area contributed by atoms with Crippen LogP contribution in [0.2, 0.25) is 0 Å². The van der Waals surface area contributed by atoms with Crippen LogP contribution in [0.5, 0.6) is 17.2 Å². The van der Waals surface area contributed by atoms with Crippen molar-refractivity contribution in [1.29, 1.82) is 0 Å². The number of fused-ring (bicyclic) bond motifs is 1. The van der Waals surface area contributed by atoms with Crippen molar-refractivity contribution >= 4 is 16.9 Å². The van der Waals surface area contributed by atoms with Crippen molar-refractivity contribution in [3.63, 3.8) is 0 Å². The van der Waals surface area contributed by atoms with E-state index in [1.807, 2.05) is 36.4 Å². The van der Waals surface area contributed by atoms with Gasteiger partial charge in [-0.1, -0.05) is 48.5 Å². The first-order chi connectivity index (χ1) is 18.0. The van der Waals surface area contributed by atoms with Crippen LogP contribution in [0.15, 0.2) is 75.9 Å². The highest BCUT2D eigenvalue weighted by molar-refractivity contribution is 5.91. The zero-order chi connectivity index (χ0) is 25.9. The highest BCUT2D eigenvalue weighted by atomic mass is 16.5. The largest absolute Gasteiger partial charge is 0.507 e. The van der Waals surface area contributed by atoms with E-state index >= 15 is 0 Å². The van der Waals surface area contributed by atoms with E-state index in [1.165, 1.54) is 13.2 Å². The van der Waals surface area contributed by atoms with E-state index in [2.05, 4.69) is 0 Å². The van der Waals surface area contributed by atoms with Crippen LogP contribution < -0.4 is 10.2 Å². The molecule has 1 atom stereocenters. The van der Waals surface area contributed by atoms with Gasteiger partial charge in [0.25, 0.3) is 0 Å². The highest BCUT2D eigenvalue weighted by Crippen LogP contribution is 2.45. The molecule has 1 aromatic heterocycles. The number of carbonyl (C=O) groups is 1. The number of benzene rings is 3. The van der Waals surface area contributed by atoms with E-state index in [1.54, 1.807) is 23.1 Å². The Morgan fingerprint density at radius 2 is 1.70 bits per heavy atom. The molecule has 1 fully saturated rings. The second kappa shape index (κ2) is 10.4. The molecule has 0 spiro atoms. The minimum atomic E-state index is -0.733. The van der Waals surface area contributed by atoms with Crippen LogP contribution in [0.25, 0.3) is 22.3 Å². The Labute approximate surface area is 213 Å². The van der Waals surface area contributed by atoms with Gasteiger partial charge >= 0.3 is 0 Å². The average Bonchev–Trinajstić information content (AvgIpc) is 2.92. The SMILES string of the molecule is COc1ccccc1[C@H](CC(=O)N1CCOCC1)c1c(O)cc(O)c2c(=O)cc(-c3ccccc3)oc12. The van der Waals surface area contributed by atoms with Gasteiger partial charge in [-0.2, -0.15) is 0 Å². The summed E-state index contributed by atoms with van der Waals surface area (Å²) in [4.78, 5) is 28.3. The van der Waals surface area contributed by atoms with Gasteiger partial charge < -0.3 is 29.0 Å². The molecule has 2 heterocycles. The minimum absolute atomic E-state index is 0.0208. The molecule has 8 nitrogen and oxygen atoms in total. The van der Waals surface area contributed by atoms with Crippen LogP contribution in [-0.2, 0) is 9.53 Å². The maximum absolute atomic E-state index is 13.4. The summed E-state index contributed by atoms with van der Waals surface area (Å²) in [6, 6.07) is 18.7. The van der Waals surface area contributed by atoms with Crippen molar-refractivity contribution in [2.24, 2.45) is 0 Å². The van der Waals surface area contributed by atoms with Gasteiger partial charge in [-0.25, -0.2) is 0 Å². The number of para-hydroxylation sites is 1. The Bertz CT molecular complexity index is 1490. The maximum atomic E-state index is 13.4. The Morgan fingerprint density at radius 3 is 2.43 bits per heavy atom. The summed E-state index contributed by atoms with van der Waals surface area (Å²) < 4.78 is 17.2. The first-order valence-electron chi connectivity index (χ1n) is 12.0.